The number of hydrogen-bond donors (Lipinski definition) is 0. The van der Waals surface area contributed by atoms with Crippen LogP contribution in [0.15, 0.2) is 10.5 Å². The summed E-state index contributed by atoms with van der Waals surface area (Å²) >= 11 is 3.45. The lowest BCUT2D eigenvalue weighted by Crippen LogP contribution is -2.19. The molecule has 0 spiro atoms. The maximum absolute atomic E-state index is 5.07. The summed E-state index contributed by atoms with van der Waals surface area (Å²) in [5.41, 5.74) is 1.06. The van der Waals surface area contributed by atoms with E-state index in [4.69, 9.17) is 4.74 Å². The van der Waals surface area contributed by atoms with Gasteiger partial charge in [0.2, 0.25) is 5.88 Å². The number of methoxy groups -OCH3 is 1. The van der Waals surface area contributed by atoms with Crippen molar-refractivity contribution in [2.45, 2.75) is 19.3 Å². The third kappa shape index (κ3) is 2.35. The fourth-order valence-electron chi connectivity index (χ4n) is 2.07. The van der Waals surface area contributed by atoms with Gasteiger partial charge in [0.1, 0.15) is 0 Å². The monoisotopic (exact) mass is 285 g/mol. The summed E-state index contributed by atoms with van der Waals surface area (Å²) in [6.45, 7) is 5.55. The molecule has 5 heteroatoms. The van der Waals surface area contributed by atoms with Crippen LogP contribution in [0.1, 0.15) is 25.0 Å². The molecule has 1 aromatic rings. The molecule has 88 valence electrons. The Hall–Kier alpha value is -0.680. The minimum atomic E-state index is 0.509. The molecule has 2 heterocycles. The van der Waals surface area contributed by atoms with Crippen molar-refractivity contribution < 1.29 is 4.74 Å². The summed E-state index contributed by atoms with van der Waals surface area (Å²) in [6, 6.07) is 2.02. The van der Waals surface area contributed by atoms with Gasteiger partial charge in [-0.3, -0.25) is 0 Å². The molecule has 2 rings (SSSR count). The molecule has 1 aliphatic rings. The van der Waals surface area contributed by atoms with Gasteiger partial charge in [-0.05, 0) is 41.5 Å². The van der Waals surface area contributed by atoms with Gasteiger partial charge in [0.15, 0.2) is 0 Å². The van der Waals surface area contributed by atoms with Gasteiger partial charge in [-0.25, -0.2) is 0 Å². The number of hydrogen-bond acceptors (Lipinski definition) is 4. The van der Waals surface area contributed by atoms with E-state index in [-0.39, 0.29) is 0 Å². The lowest BCUT2D eigenvalue weighted by molar-refractivity contribution is 0.352. The Morgan fingerprint density at radius 1 is 1.56 bits per heavy atom. The van der Waals surface area contributed by atoms with Gasteiger partial charge in [0.05, 0.1) is 17.3 Å². The van der Waals surface area contributed by atoms with E-state index in [2.05, 4.69) is 38.0 Å². The number of likely N-dealkylation sites (tertiary alicyclic amines) is 1. The molecule has 1 fully saturated rings. The van der Waals surface area contributed by atoms with E-state index in [1.807, 2.05) is 6.07 Å². The minimum absolute atomic E-state index is 0.509. The second-order valence-electron chi connectivity index (χ2n) is 4.01. The highest BCUT2D eigenvalue weighted by Crippen LogP contribution is 2.29. The van der Waals surface area contributed by atoms with Crippen LogP contribution in [-0.4, -0.2) is 41.8 Å². The van der Waals surface area contributed by atoms with Crippen molar-refractivity contribution in [2.24, 2.45) is 0 Å². The van der Waals surface area contributed by atoms with Crippen LogP contribution < -0.4 is 4.74 Å². The first kappa shape index (κ1) is 11.8. The maximum atomic E-state index is 5.07. The van der Waals surface area contributed by atoms with Crippen molar-refractivity contribution in [1.82, 2.24) is 15.1 Å². The number of nitrogens with zero attached hydrogens (tertiary/aromatic N) is 3. The lowest BCUT2D eigenvalue weighted by Gasteiger charge is -2.12. The Morgan fingerprint density at radius 2 is 2.38 bits per heavy atom. The zero-order valence-corrected chi connectivity index (χ0v) is 11.2. The fraction of sp³-hybridized carbons (Fsp3) is 0.636. The highest BCUT2D eigenvalue weighted by atomic mass is 79.9. The van der Waals surface area contributed by atoms with Crippen molar-refractivity contribution in [3.63, 3.8) is 0 Å². The highest BCUT2D eigenvalue weighted by molar-refractivity contribution is 9.10. The largest absolute Gasteiger partial charge is 0.479 e. The van der Waals surface area contributed by atoms with E-state index in [1.165, 1.54) is 6.42 Å². The second kappa shape index (κ2) is 5.10. The zero-order valence-electron chi connectivity index (χ0n) is 9.61. The van der Waals surface area contributed by atoms with E-state index in [0.29, 0.717) is 11.8 Å². The minimum Gasteiger partial charge on any atom is -0.479 e. The molecular formula is C11H16BrN3O. The SMILES string of the molecule is CCN1CCC(c2cc(Br)c(OC)nn2)C1. The highest BCUT2D eigenvalue weighted by Gasteiger charge is 2.24. The predicted molar refractivity (Wildman–Crippen MR) is 65.8 cm³/mol. The number of halogens is 1. The molecule has 0 aromatic carbocycles. The smallest absolute Gasteiger partial charge is 0.247 e. The summed E-state index contributed by atoms with van der Waals surface area (Å²) in [6.07, 6.45) is 1.17. The third-order valence-electron chi connectivity index (χ3n) is 3.07. The summed E-state index contributed by atoms with van der Waals surface area (Å²) in [5.74, 6) is 1.06. The molecule has 1 atom stereocenters. The zero-order chi connectivity index (χ0) is 11.5. The number of likely N-dealkylation sites (N-methyl/N-ethyl adjacent to an activating group) is 1. The van der Waals surface area contributed by atoms with Crippen molar-refractivity contribution >= 4 is 15.9 Å². The Balaban J connectivity index is 2.13. The quantitative estimate of drug-likeness (QED) is 0.852. The lowest BCUT2D eigenvalue weighted by atomic mass is 10.1. The first-order valence-electron chi connectivity index (χ1n) is 5.54. The second-order valence-corrected chi connectivity index (χ2v) is 4.86. The van der Waals surface area contributed by atoms with Crippen LogP contribution >= 0.6 is 15.9 Å². The van der Waals surface area contributed by atoms with Gasteiger partial charge in [-0.15, -0.1) is 5.10 Å². The van der Waals surface area contributed by atoms with Crippen LogP contribution in [0.3, 0.4) is 0 Å². The summed E-state index contributed by atoms with van der Waals surface area (Å²) in [4.78, 5) is 2.44. The van der Waals surface area contributed by atoms with Crippen molar-refractivity contribution in [1.29, 1.82) is 0 Å². The number of aromatic nitrogens is 2. The fourth-order valence-corrected chi connectivity index (χ4v) is 2.55. The molecule has 0 radical (unpaired) electrons. The van der Waals surface area contributed by atoms with Gasteiger partial charge in [-0.2, -0.15) is 5.10 Å². The van der Waals surface area contributed by atoms with E-state index < -0.39 is 0 Å². The van der Waals surface area contributed by atoms with Crippen LogP contribution in [0.4, 0.5) is 0 Å². The first-order chi connectivity index (χ1) is 7.74. The Morgan fingerprint density at radius 3 is 2.94 bits per heavy atom. The molecular weight excluding hydrogens is 270 g/mol. The Bertz CT molecular complexity index is 372. The topological polar surface area (TPSA) is 38.2 Å². The van der Waals surface area contributed by atoms with Gasteiger partial charge in [-0.1, -0.05) is 6.92 Å². The average molecular weight is 286 g/mol. The van der Waals surface area contributed by atoms with Crippen molar-refractivity contribution in [3.8, 4) is 5.88 Å². The molecule has 1 aromatic heterocycles. The molecule has 1 aliphatic heterocycles. The molecule has 16 heavy (non-hydrogen) atoms. The van der Waals surface area contributed by atoms with Gasteiger partial charge in [0.25, 0.3) is 0 Å². The van der Waals surface area contributed by atoms with E-state index in [9.17, 15) is 0 Å². The molecule has 4 nitrogen and oxygen atoms in total. The molecule has 0 saturated carbocycles. The predicted octanol–water partition coefficient (Wildman–Crippen LogP) is 2.06. The van der Waals surface area contributed by atoms with E-state index in [1.54, 1.807) is 7.11 Å². The van der Waals surface area contributed by atoms with Crippen LogP contribution in [0.2, 0.25) is 0 Å². The molecule has 1 unspecified atom stereocenters. The summed E-state index contributed by atoms with van der Waals surface area (Å²) in [5, 5.41) is 8.28. The molecule has 0 bridgehead atoms. The first-order valence-corrected chi connectivity index (χ1v) is 6.33. The van der Waals surface area contributed by atoms with Gasteiger partial charge >= 0.3 is 0 Å². The molecule has 0 amide bonds. The van der Waals surface area contributed by atoms with Crippen LogP contribution in [-0.2, 0) is 0 Å². The van der Waals surface area contributed by atoms with Crippen LogP contribution in [0.5, 0.6) is 5.88 Å². The van der Waals surface area contributed by atoms with Crippen molar-refractivity contribution in [3.05, 3.63) is 16.2 Å². The van der Waals surface area contributed by atoms with E-state index >= 15 is 0 Å². The molecule has 1 saturated heterocycles. The van der Waals surface area contributed by atoms with Crippen molar-refractivity contribution in [2.75, 3.05) is 26.7 Å². The Labute approximate surface area is 104 Å². The molecule has 0 N–H and O–H groups in total. The van der Waals surface area contributed by atoms with Crippen LogP contribution in [0, 0.1) is 0 Å². The average Bonchev–Trinajstić information content (AvgIpc) is 2.77. The van der Waals surface area contributed by atoms with Gasteiger partial charge in [0, 0.05) is 12.5 Å². The van der Waals surface area contributed by atoms with Crippen LogP contribution in [0.25, 0.3) is 0 Å². The number of rotatable bonds is 3. The normalized spacial score (nSPS) is 21.3. The summed E-state index contributed by atoms with van der Waals surface area (Å²) in [7, 11) is 1.60. The van der Waals surface area contributed by atoms with Gasteiger partial charge < -0.3 is 9.64 Å². The maximum Gasteiger partial charge on any atom is 0.247 e. The Kier molecular flexibility index (Phi) is 3.76. The van der Waals surface area contributed by atoms with E-state index in [0.717, 1.165) is 29.8 Å². The molecule has 0 aliphatic carbocycles. The number of ether oxygens (including phenoxy) is 1. The standard InChI is InChI=1S/C11H16BrN3O/c1-3-15-5-4-8(7-15)10-6-9(12)11(16-2)14-13-10/h6,8H,3-5,7H2,1-2H3. The summed E-state index contributed by atoms with van der Waals surface area (Å²) < 4.78 is 5.96. The third-order valence-corrected chi connectivity index (χ3v) is 3.63.